The highest BCUT2D eigenvalue weighted by molar-refractivity contribution is 5.95. The Labute approximate surface area is 156 Å². The number of carbonyl (C=O) groups excluding carboxylic acids is 1. The molecule has 2 N–H and O–H groups in total. The molecular formula is C19H20N4O4. The molecule has 1 saturated heterocycles. The van der Waals surface area contributed by atoms with Gasteiger partial charge in [-0.3, -0.25) is 14.6 Å². The molecule has 3 atom stereocenters. The van der Waals surface area contributed by atoms with Crippen molar-refractivity contribution < 1.29 is 19.4 Å². The number of rotatable bonds is 4. The van der Waals surface area contributed by atoms with Gasteiger partial charge in [0.15, 0.2) is 6.10 Å². The van der Waals surface area contributed by atoms with Crippen molar-refractivity contribution in [3.8, 4) is 6.07 Å². The van der Waals surface area contributed by atoms with Gasteiger partial charge in [0.25, 0.3) is 5.91 Å². The van der Waals surface area contributed by atoms with E-state index in [9.17, 15) is 14.9 Å². The van der Waals surface area contributed by atoms with Gasteiger partial charge in [0.05, 0.1) is 23.7 Å². The summed E-state index contributed by atoms with van der Waals surface area (Å²) in [5.74, 6) is -1.56. The van der Waals surface area contributed by atoms with Crippen LogP contribution < -0.4 is 10.2 Å². The quantitative estimate of drug-likeness (QED) is 0.835. The van der Waals surface area contributed by atoms with E-state index in [1.165, 1.54) is 6.92 Å². The number of amides is 1. The third-order valence-electron chi connectivity index (χ3n) is 4.49. The first-order valence-corrected chi connectivity index (χ1v) is 8.62. The number of pyridine rings is 1. The molecule has 1 fully saturated rings. The minimum atomic E-state index is -1.10. The van der Waals surface area contributed by atoms with Crippen molar-refractivity contribution >= 4 is 28.5 Å². The van der Waals surface area contributed by atoms with Crippen LogP contribution in [0.1, 0.15) is 19.4 Å². The maximum atomic E-state index is 12.4. The van der Waals surface area contributed by atoms with Gasteiger partial charge in [-0.1, -0.05) is 0 Å². The highest BCUT2D eigenvalue weighted by Gasteiger charge is 2.32. The summed E-state index contributed by atoms with van der Waals surface area (Å²) in [7, 11) is 0. The highest BCUT2D eigenvalue weighted by Crippen LogP contribution is 2.30. The topological polar surface area (TPSA) is 116 Å². The molecule has 140 valence electrons. The lowest BCUT2D eigenvalue weighted by Crippen LogP contribution is -2.54. The van der Waals surface area contributed by atoms with Crippen LogP contribution in [0.2, 0.25) is 0 Å². The molecule has 1 aliphatic rings. The minimum Gasteiger partial charge on any atom is -0.480 e. The summed E-state index contributed by atoms with van der Waals surface area (Å²) >= 11 is 0. The number of nitrogens with one attached hydrogen (secondary N) is 1. The molecule has 3 rings (SSSR count). The van der Waals surface area contributed by atoms with Crippen molar-refractivity contribution in [1.29, 1.82) is 5.26 Å². The lowest BCUT2D eigenvalue weighted by Gasteiger charge is -2.38. The first kappa shape index (κ1) is 18.6. The monoisotopic (exact) mass is 368 g/mol. The number of nitrogens with zero attached hydrogens (tertiary/aromatic N) is 3. The molecule has 1 amide bonds. The van der Waals surface area contributed by atoms with Crippen molar-refractivity contribution in [2.75, 3.05) is 18.0 Å². The number of carboxylic acid groups (broad SMARTS) is 1. The van der Waals surface area contributed by atoms with Crippen LogP contribution in [0.15, 0.2) is 30.5 Å². The molecule has 1 aliphatic heterocycles. The molecule has 1 aromatic carbocycles. The van der Waals surface area contributed by atoms with E-state index in [0.29, 0.717) is 17.6 Å². The Morgan fingerprint density at radius 3 is 2.89 bits per heavy atom. The number of morpholine rings is 1. The van der Waals surface area contributed by atoms with E-state index in [4.69, 9.17) is 9.84 Å². The van der Waals surface area contributed by atoms with E-state index in [1.807, 2.05) is 24.0 Å². The number of aliphatic carboxylic acids is 1. The first-order valence-electron chi connectivity index (χ1n) is 8.62. The van der Waals surface area contributed by atoms with Gasteiger partial charge in [0.2, 0.25) is 0 Å². The van der Waals surface area contributed by atoms with Crippen molar-refractivity contribution in [2.24, 2.45) is 0 Å². The van der Waals surface area contributed by atoms with Crippen LogP contribution >= 0.6 is 0 Å². The Bertz CT molecular complexity index is 924. The maximum Gasteiger partial charge on any atom is 0.325 e. The Hall–Kier alpha value is -3.18. The number of ether oxygens (including phenoxy) is 1. The molecule has 0 saturated carbocycles. The van der Waals surface area contributed by atoms with Crippen LogP contribution in [0, 0.1) is 11.3 Å². The zero-order valence-corrected chi connectivity index (χ0v) is 15.0. The van der Waals surface area contributed by atoms with E-state index in [-0.39, 0.29) is 12.6 Å². The summed E-state index contributed by atoms with van der Waals surface area (Å²) in [5.41, 5.74) is 1.95. The molecule has 1 aromatic heterocycles. The van der Waals surface area contributed by atoms with Gasteiger partial charge in [-0.25, -0.2) is 0 Å². The van der Waals surface area contributed by atoms with Gasteiger partial charge in [-0.05, 0) is 38.1 Å². The Balaban J connectivity index is 1.89. The van der Waals surface area contributed by atoms with Crippen LogP contribution in [-0.2, 0) is 14.3 Å². The van der Waals surface area contributed by atoms with E-state index in [0.717, 1.165) is 11.1 Å². The number of carbonyl (C=O) groups is 2. The number of anilines is 1. The van der Waals surface area contributed by atoms with E-state index in [1.54, 1.807) is 18.3 Å². The molecule has 2 aromatic rings. The number of nitriles is 1. The molecule has 8 nitrogen and oxygen atoms in total. The average Bonchev–Trinajstić information content (AvgIpc) is 2.66. The van der Waals surface area contributed by atoms with Crippen LogP contribution in [0.3, 0.4) is 0 Å². The smallest absolute Gasteiger partial charge is 0.325 e. The van der Waals surface area contributed by atoms with Crippen LogP contribution in [0.25, 0.3) is 10.9 Å². The summed E-state index contributed by atoms with van der Waals surface area (Å²) < 4.78 is 5.72. The van der Waals surface area contributed by atoms with Gasteiger partial charge in [-0.2, -0.15) is 5.26 Å². The molecule has 0 radical (unpaired) electrons. The molecule has 8 heteroatoms. The van der Waals surface area contributed by atoms with E-state index >= 15 is 0 Å². The molecule has 27 heavy (non-hydrogen) atoms. The Kier molecular flexibility index (Phi) is 5.23. The second-order valence-electron chi connectivity index (χ2n) is 6.55. The largest absolute Gasteiger partial charge is 0.480 e. The fourth-order valence-electron chi connectivity index (χ4n) is 3.18. The summed E-state index contributed by atoms with van der Waals surface area (Å²) in [6.45, 7) is 4.10. The fourth-order valence-corrected chi connectivity index (χ4v) is 3.18. The molecular weight excluding hydrogens is 348 g/mol. The van der Waals surface area contributed by atoms with Crippen molar-refractivity contribution in [3.63, 3.8) is 0 Å². The second kappa shape index (κ2) is 7.60. The van der Waals surface area contributed by atoms with Gasteiger partial charge in [0.1, 0.15) is 12.1 Å². The molecule has 0 bridgehead atoms. The first-order chi connectivity index (χ1) is 12.9. The third-order valence-corrected chi connectivity index (χ3v) is 4.49. The fraction of sp³-hybridized carbons (Fsp3) is 0.368. The van der Waals surface area contributed by atoms with Crippen LogP contribution in [0.5, 0.6) is 0 Å². The number of hydrogen-bond donors (Lipinski definition) is 2. The van der Waals surface area contributed by atoms with E-state index < -0.39 is 24.0 Å². The average molecular weight is 368 g/mol. The summed E-state index contributed by atoms with van der Waals surface area (Å²) in [5, 5.41) is 21.6. The van der Waals surface area contributed by atoms with Gasteiger partial charge >= 0.3 is 5.97 Å². The molecule has 1 unspecified atom stereocenters. The molecule has 0 spiro atoms. The number of carboxylic acids is 1. The Morgan fingerprint density at radius 2 is 2.19 bits per heavy atom. The van der Waals surface area contributed by atoms with Crippen LogP contribution in [-0.4, -0.2) is 53.3 Å². The maximum absolute atomic E-state index is 12.4. The third kappa shape index (κ3) is 3.83. The van der Waals surface area contributed by atoms with Crippen molar-refractivity contribution in [3.05, 3.63) is 36.0 Å². The number of hydrogen-bond acceptors (Lipinski definition) is 6. The SMILES string of the molecule is CC(NC(=O)[C@H]1CN(c2ccc(C#N)c3ncccc23)C[C@@H](C)O1)C(=O)O. The zero-order chi connectivity index (χ0) is 19.6. The van der Waals surface area contributed by atoms with Gasteiger partial charge in [0, 0.05) is 23.8 Å². The Morgan fingerprint density at radius 1 is 1.41 bits per heavy atom. The predicted octanol–water partition coefficient (Wildman–Crippen LogP) is 1.29. The summed E-state index contributed by atoms with van der Waals surface area (Å²) in [6.07, 6.45) is 0.619. The standard InChI is InChI=1S/C19H20N4O4/c1-11-9-23(10-16(27-11)18(24)22-12(2)19(25)26)15-6-5-13(8-20)17-14(15)4-3-7-21-17/h3-7,11-12,16H,9-10H2,1-2H3,(H,22,24)(H,25,26)/t11-,12?,16-/m1/s1. The van der Waals surface area contributed by atoms with Crippen molar-refractivity contribution in [2.45, 2.75) is 32.1 Å². The normalized spacial score (nSPS) is 20.7. The van der Waals surface area contributed by atoms with Crippen LogP contribution in [0.4, 0.5) is 5.69 Å². The number of fused-ring (bicyclic) bond motifs is 1. The number of aromatic nitrogens is 1. The molecule has 0 aliphatic carbocycles. The van der Waals surface area contributed by atoms with Crippen molar-refractivity contribution in [1.82, 2.24) is 10.3 Å². The molecule has 2 heterocycles. The number of benzene rings is 1. The minimum absolute atomic E-state index is 0.225. The lowest BCUT2D eigenvalue weighted by molar-refractivity contribution is -0.145. The summed E-state index contributed by atoms with van der Waals surface area (Å²) in [4.78, 5) is 29.7. The summed E-state index contributed by atoms with van der Waals surface area (Å²) in [6, 6.07) is 8.40. The zero-order valence-electron chi connectivity index (χ0n) is 15.0. The van der Waals surface area contributed by atoms with E-state index in [2.05, 4.69) is 16.4 Å². The van der Waals surface area contributed by atoms with Gasteiger partial charge in [-0.15, -0.1) is 0 Å². The van der Waals surface area contributed by atoms with Gasteiger partial charge < -0.3 is 20.1 Å². The second-order valence-corrected chi connectivity index (χ2v) is 6.55. The highest BCUT2D eigenvalue weighted by atomic mass is 16.5. The predicted molar refractivity (Wildman–Crippen MR) is 98.2 cm³/mol. The lowest BCUT2D eigenvalue weighted by atomic mass is 10.1.